The number of ketones is 4. The quantitative estimate of drug-likeness (QED) is 0.00769. The van der Waals surface area contributed by atoms with Crippen LogP contribution in [0.4, 0.5) is 22.0 Å². The summed E-state index contributed by atoms with van der Waals surface area (Å²) in [5, 5.41) is 14.2. The van der Waals surface area contributed by atoms with Gasteiger partial charge in [0.25, 0.3) is 0 Å². The second kappa shape index (κ2) is 58.6. The maximum atomic E-state index is 14.4. The first-order valence-electron chi connectivity index (χ1n) is 43.6. The molecule has 123 heavy (non-hydrogen) atoms. The predicted octanol–water partition coefficient (Wildman–Crippen LogP) is 10.2. The Balaban J connectivity index is 1.33. The van der Waals surface area contributed by atoms with E-state index in [-0.39, 0.29) is 199 Å². The first-order valence-corrected chi connectivity index (χ1v) is 43.6. The van der Waals surface area contributed by atoms with Crippen molar-refractivity contribution >= 4 is 76.5 Å². The molecule has 3 saturated heterocycles. The number of esters is 4. The molecule has 0 saturated carbocycles. The Kier molecular flexibility index (Phi) is 51.4. The van der Waals surface area contributed by atoms with Crippen molar-refractivity contribution in [2.24, 2.45) is 41.4 Å². The Bertz CT molecular complexity index is 3360. The van der Waals surface area contributed by atoms with Gasteiger partial charge in [0.05, 0.1) is 70.0 Å². The predicted molar refractivity (Wildman–Crippen MR) is 434 cm³/mol. The van der Waals surface area contributed by atoms with Gasteiger partial charge in [-0.3, -0.25) is 62.3 Å². The molecular formula is C87H136F5N5O26. The number of carbonyl (C=O) groups is 13. The van der Waals surface area contributed by atoms with E-state index in [4.69, 9.17) is 56.8 Å². The van der Waals surface area contributed by atoms with Gasteiger partial charge in [0, 0.05) is 150 Å². The highest BCUT2D eigenvalue weighted by atomic mass is 19.2. The summed E-state index contributed by atoms with van der Waals surface area (Å²) >= 11 is 0. The minimum Gasteiger partial charge on any atom is -0.463 e. The molecule has 700 valence electrons. The van der Waals surface area contributed by atoms with Crippen molar-refractivity contribution in [2.75, 3.05) is 92.4 Å². The molecule has 31 nitrogen and oxygen atoms in total. The van der Waals surface area contributed by atoms with Gasteiger partial charge in [-0.2, -0.15) is 8.78 Å². The van der Waals surface area contributed by atoms with Crippen LogP contribution in [0.25, 0.3) is 0 Å². The highest BCUT2D eigenvalue weighted by Crippen LogP contribution is 2.38. The Morgan fingerprint density at radius 1 is 0.333 bits per heavy atom. The monoisotopic (exact) mass is 1760 g/mol. The fraction of sp³-hybridized carbons (Fsp3) is 0.782. The zero-order valence-electron chi connectivity index (χ0n) is 73.9. The number of hydrogen-bond donors (Lipinski definition) is 5. The highest BCUT2D eigenvalue weighted by molar-refractivity contribution is 5.81. The lowest BCUT2D eigenvalue weighted by Gasteiger charge is -2.44. The van der Waals surface area contributed by atoms with Crippen LogP contribution in [0.2, 0.25) is 0 Å². The Morgan fingerprint density at radius 3 is 1.07 bits per heavy atom. The van der Waals surface area contributed by atoms with Crippen molar-refractivity contribution in [1.29, 1.82) is 0 Å². The highest BCUT2D eigenvalue weighted by Gasteiger charge is 2.46. The molecule has 0 spiro atoms. The summed E-state index contributed by atoms with van der Waals surface area (Å²) in [5.74, 6) is -18.5. The molecule has 1 aromatic rings. The van der Waals surface area contributed by atoms with Crippen molar-refractivity contribution < 1.29 is 146 Å². The first-order chi connectivity index (χ1) is 58.4. The molecule has 5 amide bonds. The number of amides is 5. The zero-order chi connectivity index (χ0) is 91.1. The standard InChI is InChI=1S/C87H136F5N5O26/c1-53-54(2)69(47-117-62(10)100)120-84(59(53)7)114-41-22-19-31-65(103)27-15-13-17-29-67(105)36-44-111-50-87(97-74(109)34-25-35-75(110)123-83-79(91)77(89)76(88)78(90)80(83)92,51-112-45-37-68(106)30-18-14-16-28-66(104)32-20-23-42-115-85-81(95-60(8)98)57(5)55(3)70(121-85)48-118-63(11)101)52-113-46-38-73(108)94-40-26-39-93-72(107)33-21-24-43-116-86-82(96-61(9)99)58(6)56(4)71(122-86)49-119-64(12)102/h53-59,69-71,81-82,84-86H,13-52H2,1-12H3,(H,93,107)(H,94,108)(H,95,98)(H,96,99)(H,97,109)/t53-,54+,55+,56+,57-,58-,59?,69?,70?,71?,81?,82?,84+,85+,86+,87?/m0/s1. The lowest BCUT2D eigenvalue weighted by Crippen LogP contribution is -2.58. The van der Waals surface area contributed by atoms with Crippen LogP contribution in [-0.2, 0) is 119 Å². The molecular weight excluding hydrogens is 1630 g/mol. The van der Waals surface area contributed by atoms with Crippen molar-refractivity contribution in [3.8, 4) is 5.75 Å². The lowest BCUT2D eigenvalue weighted by molar-refractivity contribution is -0.255. The molecule has 36 heteroatoms. The van der Waals surface area contributed by atoms with Crippen molar-refractivity contribution in [3.05, 3.63) is 29.1 Å². The SMILES string of the molecule is CC(=O)NC1[C@H](OCCCCC(=O)CCCCCC(=O)CCOCC(COCCC(=O)CCCCCC(=O)CCCCO[C@@H]2OC(COC(C)=O)[C@H](C)[C@H](C)C2C)(COCCC(=O)NCCCNC(=O)CCCCO[C@@H]2OC(COC(C)=O)[C@H](C)[C@H](C)C2NC(C)=O)NC(=O)CCCC(=O)Oc2c(F)c(F)c(F)c(F)c2F)OC(COC(C)=O)[C@H](C)[C@@H]1C. The number of unbranched alkanes of at least 4 members (excludes halogenated alkanes) is 7. The van der Waals surface area contributed by atoms with E-state index in [1.54, 1.807) is 0 Å². The summed E-state index contributed by atoms with van der Waals surface area (Å²) in [6.07, 6.45) is 3.28. The van der Waals surface area contributed by atoms with E-state index in [0.717, 1.165) is 0 Å². The molecule has 0 radical (unpaired) electrons. The number of nitrogens with one attached hydrogen (secondary N) is 5. The number of carbonyl (C=O) groups excluding carboxylic acids is 13. The van der Waals surface area contributed by atoms with Gasteiger partial charge in [-0.1, -0.05) is 61.3 Å². The van der Waals surface area contributed by atoms with E-state index in [9.17, 15) is 84.3 Å². The number of hydrogen-bond acceptors (Lipinski definition) is 26. The van der Waals surface area contributed by atoms with Crippen LogP contribution in [0.5, 0.6) is 5.75 Å². The molecule has 0 aromatic heterocycles. The van der Waals surface area contributed by atoms with Crippen LogP contribution < -0.4 is 31.3 Å². The topological polar surface area (TPSA) is 402 Å². The van der Waals surface area contributed by atoms with Crippen LogP contribution >= 0.6 is 0 Å². The van der Waals surface area contributed by atoms with Crippen molar-refractivity contribution in [1.82, 2.24) is 26.6 Å². The van der Waals surface area contributed by atoms with Crippen LogP contribution in [0, 0.1) is 70.5 Å². The molecule has 5 N–H and O–H groups in total. The van der Waals surface area contributed by atoms with Gasteiger partial charge in [0.2, 0.25) is 64.4 Å². The number of Topliss-reactive ketones (excluding diaryl/α,β-unsaturated/α-hetero) is 4. The van der Waals surface area contributed by atoms with E-state index in [1.807, 2.05) is 27.7 Å². The van der Waals surface area contributed by atoms with Crippen LogP contribution in [-0.4, -0.2) is 224 Å². The fourth-order valence-corrected chi connectivity index (χ4v) is 14.5. The average molecular weight is 1760 g/mol. The number of rotatable bonds is 63. The third-order valence-electron chi connectivity index (χ3n) is 22.6. The molecule has 0 aliphatic carbocycles. The normalized spacial score (nSPS) is 23.0. The van der Waals surface area contributed by atoms with Gasteiger partial charge in [-0.15, -0.1) is 0 Å². The fourth-order valence-electron chi connectivity index (χ4n) is 14.5. The van der Waals surface area contributed by atoms with Gasteiger partial charge >= 0.3 is 23.9 Å². The van der Waals surface area contributed by atoms with E-state index in [0.29, 0.717) is 116 Å². The van der Waals surface area contributed by atoms with Gasteiger partial charge < -0.3 is 88.2 Å². The van der Waals surface area contributed by atoms with Gasteiger partial charge in [0.15, 0.2) is 18.9 Å². The minimum atomic E-state index is -2.47. The van der Waals surface area contributed by atoms with E-state index >= 15 is 0 Å². The molecule has 7 unspecified atom stereocenters. The van der Waals surface area contributed by atoms with Crippen LogP contribution in [0.3, 0.4) is 0 Å². The first kappa shape index (κ1) is 108. The van der Waals surface area contributed by atoms with Crippen LogP contribution in [0.1, 0.15) is 250 Å². The summed E-state index contributed by atoms with van der Waals surface area (Å²) in [6.45, 7) is 20.4. The average Bonchev–Trinajstić information content (AvgIpc) is 0.807. The summed E-state index contributed by atoms with van der Waals surface area (Å²) in [4.78, 5) is 164. The minimum absolute atomic E-state index is 0.0240. The molecule has 3 fully saturated rings. The third kappa shape index (κ3) is 41.6. The molecule has 4 rings (SSSR count). The number of ether oxygens (including phenoxy) is 13. The molecule has 3 aliphatic heterocycles. The summed E-state index contributed by atoms with van der Waals surface area (Å²) in [7, 11) is 0. The third-order valence-corrected chi connectivity index (χ3v) is 22.6. The Hall–Kier alpha value is -7.58. The zero-order valence-corrected chi connectivity index (χ0v) is 73.9. The van der Waals surface area contributed by atoms with Gasteiger partial charge in [-0.25, -0.2) is 13.2 Å². The molecule has 0 bridgehead atoms. The molecule has 3 aliphatic rings. The molecule has 1 aromatic carbocycles. The van der Waals surface area contributed by atoms with E-state index in [1.165, 1.54) is 34.6 Å². The van der Waals surface area contributed by atoms with Gasteiger partial charge in [-0.05, 0) is 113 Å². The number of halogens is 5. The van der Waals surface area contributed by atoms with Crippen molar-refractivity contribution in [3.63, 3.8) is 0 Å². The number of benzene rings is 1. The second-order valence-electron chi connectivity index (χ2n) is 32.8. The lowest BCUT2D eigenvalue weighted by atomic mass is 9.79. The second-order valence-corrected chi connectivity index (χ2v) is 32.8. The molecule has 16 atom stereocenters. The van der Waals surface area contributed by atoms with E-state index in [2.05, 4.69) is 52.1 Å². The molecule has 3 heterocycles. The van der Waals surface area contributed by atoms with E-state index < -0.39 is 152 Å². The maximum absolute atomic E-state index is 14.4. The summed E-state index contributed by atoms with van der Waals surface area (Å²) in [5.41, 5.74) is -1.65. The summed E-state index contributed by atoms with van der Waals surface area (Å²) < 4.78 is 146. The van der Waals surface area contributed by atoms with Crippen LogP contribution in [0.15, 0.2) is 0 Å². The van der Waals surface area contributed by atoms with Gasteiger partial charge in [0.1, 0.15) is 48.5 Å². The maximum Gasteiger partial charge on any atom is 0.311 e. The Labute approximate surface area is 719 Å². The smallest absolute Gasteiger partial charge is 0.311 e. The summed E-state index contributed by atoms with van der Waals surface area (Å²) in [6, 6.07) is -0.911. The largest absolute Gasteiger partial charge is 0.463 e. The Morgan fingerprint density at radius 2 is 0.667 bits per heavy atom. The van der Waals surface area contributed by atoms with Crippen molar-refractivity contribution in [2.45, 2.75) is 305 Å².